The van der Waals surface area contributed by atoms with E-state index < -0.39 is 0 Å². The average molecular weight is 252 g/mol. The van der Waals surface area contributed by atoms with Crippen LogP contribution in [0, 0.1) is 5.92 Å². The monoisotopic (exact) mass is 252 g/mol. The summed E-state index contributed by atoms with van der Waals surface area (Å²) < 4.78 is 12.8. The summed E-state index contributed by atoms with van der Waals surface area (Å²) >= 11 is 0. The first-order chi connectivity index (χ1) is 8.86. The maximum Gasteiger partial charge on any atom is 0.0918 e. The van der Waals surface area contributed by atoms with Crippen LogP contribution in [0.5, 0.6) is 0 Å². The van der Waals surface area contributed by atoms with E-state index in [9.17, 15) is 5.11 Å². The van der Waals surface area contributed by atoms with Crippen molar-refractivity contribution in [2.24, 2.45) is 5.92 Å². The van der Waals surface area contributed by atoms with Gasteiger partial charge in [0.05, 0.1) is 25.5 Å². The van der Waals surface area contributed by atoms with Gasteiger partial charge in [-0.3, -0.25) is 4.68 Å². The van der Waals surface area contributed by atoms with Crippen LogP contribution in [-0.4, -0.2) is 41.3 Å². The summed E-state index contributed by atoms with van der Waals surface area (Å²) in [5.41, 5.74) is 2.16. The minimum absolute atomic E-state index is 0.0946. The predicted molar refractivity (Wildman–Crippen MR) is 65.3 cm³/mol. The number of hydrogen-bond acceptors (Lipinski definition) is 4. The minimum atomic E-state index is 0.0946. The van der Waals surface area contributed by atoms with E-state index in [1.165, 1.54) is 0 Å². The molecule has 100 valence electrons. The molecule has 5 heteroatoms. The maximum absolute atomic E-state index is 9.33. The fraction of sp³-hybridized carbons (Fsp3) is 0.769. The number of aromatic nitrogens is 2. The van der Waals surface area contributed by atoms with Crippen molar-refractivity contribution < 1.29 is 14.6 Å². The van der Waals surface area contributed by atoms with Gasteiger partial charge < -0.3 is 14.6 Å². The number of rotatable bonds is 3. The largest absolute Gasteiger partial charge is 0.396 e. The number of ether oxygens (including phenoxy) is 2. The van der Waals surface area contributed by atoms with Crippen molar-refractivity contribution in [3.8, 4) is 0 Å². The second kappa shape index (κ2) is 5.38. The fourth-order valence-corrected chi connectivity index (χ4v) is 2.76. The zero-order valence-electron chi connectivity index (χ0n) is 10.5. The molecule has 1 fully saturated rings. The fourth-order valence-electron chi connectivity index (χ4n) is 2.76. The molecule has 3 rings (SSSR count). The maximum atomic E-state index is 9.33. The zero-order valence-corrected chi connectivity index (χ0v) is 10.5. The Bertz CT molecular complexity index is 399. The number of aliphatic hydroxyl groups excluding tert-OH is 1. The topological polar surface area (TPSA) is 56.5 Å². The van der Waals surface area contributed by atoms with E-state index in [2.05, 4.69) is 11.3 Å². The first-order valence-corrected chi connectivity index (χ1v) is 6.69. The van der Waals surface area contributed by atoms with Crippen molar-refractivity contribution in [3.05, 3.63) is 17.5 Å². The lowest BCUT2D eigenvalue weighted by atomic mass is 9.99. The van der Waals surface area contributed by atoms with Crippen LogP contribution in [0.1, 0.15) is 30.0 Å². The summed E-state index contributed by atoms with van der Waals surface area (Å²) in [4.78, 5) is 0. The van der Waals surface area contributed by atoms with Crippen molar-refractivity contribution in [1.82, 2.24) is 9.78 Å². The van der Waals surface area contributed by atoms with Gasteiger partial charge in [-0.25, -0.2) is 0 Å². The second-order valence-corrected chi connectivity index (χ2v) is 5.20. The van der Waals surface area contributed by atoms with E-state index in [4.69, 9.17) is 9.47 Å². The van der Waals surface area contributed by atoms with Gasteiger partial charge in [0.2, 0.25) is 0 Å². The van der Waals surface area contributed by atoms with Crippen LogP contribution in [0.4, 0.5) is 0 Å². The Morgan fingerprint density at radius 2 is 2.17 bits per heavy atom. The molecular weight excluding hydrogens is 232 g/mol. The predicted octanol–water partition coefficient (Wildman–Crippen LogP) is 0.916. The van der Waals surface area contributed by atoms with Gasteiger partial charge >= 0.3 is 0 Å². The molecule has 0 aromatic carbocycles. The lowest BCUT2D eigenvalue weighted by molar-refractivity contribution is 0.0596. The molecule has 1 saturated heterocycles. The molecular formula is C13H20N2O3. The van der Waals surface area contributed by atoms with Gasteiger partial charge in [0.15, 0.2) is 0 Å². The second-order valence-electron chi connectivity index (χ2n) is 5.20. The van der Waals surface area contributed by atoms with Crippen molar-refractivity contribution in [1.29, 1.82) is 0 Å². The highest BCUT2D eigenvalue weighted by molar-refractivity contribution is 5.23. The highest BCUT2D eigenvalue weighted by Gasteiger charge is 2.24. The number of hydrogen-bond donors (Lipinski definition) is 1. The number of fused-ring (bicyclic) bond motifs is 1. The molecule has 18 heavy (non-hydrogen) atoms. The third kappa shape index (κ3) is 2.43. The molecule has 2 aliphatic heterocycles. The van der Waals surface area contributed by atoms with E-state index in [-0.39, 0.29) is 12.5 Å². The summed E-state index contributed by atoms with van der Waals surface area (Å²) in [6.07, 6.45) is 4.32. The van der Waals surface area contributed by atoms with E-state index >= 15 is 0 Å². The summed E-state index contributed by atoms with van der Waals surface area (Å²) in [6.45, 7) is 4.01. The molecule has 0 saturated carbocycles. The average Bonchev–Trinajstić information content (AvgIpc) is 2.82. The Hall–Kier alpha value is -0.910. The number of aliphatic hydroxyl groups is 1. The molecule has 2 aliphatic rings. The first kappa shape index (κ1) is 12.1. The lowest BCUT2D eigenvalue weighted by Crippen LogP contribution is -2.20. The third-order valence-electron chi connectivity index (χ3n) is 3.87. The van der Waals surface area contributed by atoms with Gasteiger partial charge in [0, 0.05) is 37.4 Å². The van der Waals surface area contributed by atoms with Gasteiger partial charge in [0.1, 0.15) is 0 Å². The van der Waals surface area contributed by atoms with Crippen LogP contribution in [-0.2, 0) is 22.6 Å². The summed E-state index contributed by atoms with van der Waals surface area (Å²) in [5.74, 6) is 0.755. The van der Waals surface area contributed by atoms with Crippen LogP contribution in [0.15, 0.2) is 6.20 Å². The van der Waals surface area contributed by atoms with Gasteiger partial charge in [-0.05, 0) is 18.8 Å². The smallest absolute Gasteiger partial charge is 0.0918 e. The van der Waals surface area contributed by atoms with Crippen molar-refractivity contribution in [2.75, 3.05) is 26.4 Å². The summed E-state index contributed by atoms with van der Waals surface area (Å²) in [5, 5.41) is 13.9. The molecule has 1 aromatic rings. The molecule has 0 spiro atoms. The molecule has 0 radical (unpaired) electrons. The lowest BCUT2D eigenvalue weighted by Gasteiger charge is -2.21. The Morgan fingerprint density at radius 1 is 1.33 bits per heavy atom. The van der Waals surface area contributed by atoms with E-state index in [1.54, 1.807) is 0 Å². The van der Waals surface area contributed by atoms with Gasteiger partial charge in [-0.15, -0.1) is 0 Å². The molecule has 0 bridgehead atoms. The Kier molecular flexibility index (Phi) is 3.63. The Balaban J connectivity index is 1.71. The van der Waals surface area contributed by atoms with Crippen molar-refractivity contribution in [2.45, 2.75) is 31.9 Å². The molecule has 0 amide bonds. The Morgan fingerprint density at radius 3 is 2.94 bits per heavy atom. The highest BCUT2D eigenvalue weighted by atomic mass is 16.5. The van der Waals surface area contributed by atoms with Crippen LogP contribution >= 0.6 is 0 Å². The van der Waals surface area contributed by atoms with Crippen molar-refractivity contribution >= 4 is 0 Å². The zero-order chi connectivity index (χ0) is 12.4. The molecule has 5 nitrogen and oxygen atoms in total. The number of nitrogens with zero attached hydrogens (tertiary/aromatic N) is 2. The molecule has 1 N–H and O–H groups in total. The molecule has 3 heterocycles. The van der Waals surface area contributed by atoms with Crippen LogP contribution in [0.25, 0.3) is 0 Å². The van der Waals surface area contributed by atoms with E-state index in [0.29, 0.717) is 19.1 Å². The van der Waals surface area contributed by atoms with Crippen molar-refractivity contribution in [3.63, 3.8) is 0 Å². The minimum Gasteiger partial charge on any atom is -0.396 e. The van der Waals surface area contributed by atoms with Gasteiger partial charge in [-0.1, -0.05) is 0 Å². The van der Waals surface area contributed by atoms with Crippen LogP contribution < -0.4 is 0 Å². The third-order valence-corrected chi connectivity index (χ3v) is 3.87. The molecule has 0 aliphatic carbocycles. The van der Waals surface area contributed by atoms with E-state index in [0.717, 1.165) is 43.9 Å². The first-order valence-electron chi connectivity index (χ1n) is 6.69. The standard InChI is InChI=1S/C13H20N2O3/c16-7-11-8-18-9-13-12(11)6-15(14-13)5-10-1-3-17-4-2-10/h6,10-11,16H,1-5,7-9H2. The summed E-state index contributed by atoms with van der Waals surface area (Å²) in [7, 11) is 0. The van der Waals surface area contributed by atoms with Crippen LogP contribution in [0.2, 0.25) is 0 Å². The van der Waals surface area contributed by atoms with E-state index in [1.807, 2.05) is 4.68 Å². The quantitative estimate of drug-likeness (QED) is 0.869. The molecule has 1 atom stereocenters. The Labute approximate surface area is 107 Å². The SMILES string of the molecule is OCC1COCc2nn(CC3CCOCC3)cc21. The van der Waals surface area contributed by atoms with Gasteiger partial charge in [-0.2, -0.15) is 5.10 Å². The van der Waals surface area contributed by atoms with Crippen LogP contribution in [0.3, 0.4) is 0 Å². The molecule has 1 aromatic heterocycles. The van der Waals surface area contributed by atoms with Gasteiger partial charge in [0.25, 0.3) is 0 Å². The normalized spacial score (nSPS) is 25.1. The molecule has 1 unspecified atom stereocenters. The highest BCUT2D eigenvalue weighted by Crippen LogP contribution is 2.26. The summed E-state index contributed by atoms with van der Waals surface area (Å²) in [6, 6.07) is 0.